The Kier molecular flexibility index (Phi) is 11.4. The van der Waals surface area contributed by atoms with Crippen molar-refractivity contribution in [2.75, 3.05) is 44.2 Å². The number of carbonyl (C=O) groups is 1. The van der Waals surface area contributed by atoms with Gasteiger partial charge < -0.3 is 19.4 Å². The lowest BCUT2D eigenvalue weighted by Gasteiger charge is -2.33. The Morgan fingerprint density at radius 2 is 1.90 bits per heavy atom. The van der Waals surface area contributed by atoms with Crippen LogP contribution in [0.2, 0.25) is 0 Å². The molecule has 5 aromatic rings. The number of methoxy groups -OCH3 is 1. The summed E-state index contributed by atoms with van der Waals surface area (Å²) >= 11 is -2.19. The highest BCUT2D eigenvalue weighted by Crippen LogP contribution is 2.33. The monoisotopic (exact) mass is 702 g/mol. The molecule has 1 saturated heterocycles. The van der Waals surface area contributed by atoms with Gasteiger partial charge in [0.25, 0.3) is 11.3 Å². The minimum atomic E-state index is -2.19. The molecule has 6 rings (SSSR count). The molecule has 0 bridgehead atoms. The number of ether oxygens (including phenoxy) is 2. The molecule has 3 heterocycles. The molecule has 2 aromatic heterocycles. The van der Waals surface area contributed by atoms with E-state index in [1.165, 1.54) is 16.4 Å². The number of esters is 1. The van der Waals surface area contributed by atoms with Gasteiger partial charge in [0, 0.05) is 43.2 Å². The Hall–Kier alpha value is -4.43. The molecule has 1 fully saturated rings. The van der Waals surface area contributed by atoms with E-state index in [1.807, 2.05) is 62.4 Å². The highest BCUT2D eigenvalue weighted by Gasteiger charge is 2.25. The molecule has 3 aromatic carbocycles. The molecule has 0 radical (unpaired) electrons. The molecular weight excluding hydrogens is 660 g/mol. The number of hydrogen-bond acceptors (Lipinski definition) is 7. The van der Waals surface area contributed by atoms with Gasteiger partial charge in [-0.15, -0.1) is 5.10 Å². The van der Waals surface area contributed by atoms with E-state index in [4.69, 9.17) is 9.47 Å². The third-order valence-electron chi connectivity index (χ3n) is 9.03. The molecule has 1 aliphatic heterocycles. The van der Waals surface area contributed by atoms with Crippen molar-refractivity contribution < 1.29 is 27.4 Å². The Bertz CT molecular complexity index is 1940. The number of H-pyrrole nitrogens is 1. The minimum Gasteiger partial charge on any atom is -0.461 e. The first-order valence-electron chi connectivity index (χ1n) is 16.9. The largest absolute Gasteiger partial charge is 0.461 e. The predicted octanol–water partition coefficient (Wildman–Crippen LogP) is 6.55. The second-order valence-electron chi connectivity index (χ2n) is 13.1. The van der Waals surface area contributed by atoms with E-state index in [-0.39, 0.29) is 18.2 Å². The van der Waals surface area contributed by atoms with Crippen LogP contribution in [0.4, 0.5) is 10.1 Å². The van der Waals surface area contributed by atoms with Crippen LogP contribution in [0.3, 0.4) is 0 Å². The molecule has 0 spiro atoms. The number of anilines is 1. The molecule has 50 heavy (non-hydrogen) atoms. The fraction of sp³-hybridized carbons (Fsp3) is 0.378. The van der Waals surface area contributed by atoms with Crippen molar-refractivity contribution in [3.63, 3.8) is 0 Å². The van der Waals surface area contributed by atoms with Crippen molar-refractivity contribution in [1.82, 2.24) is 24.9 Å². The van der Waals surface area contributed by atoms with Crippen molar-refractivity contribution in [1.29, 1.82) is 0 Å². The van der Waals surface area contributed by atoms with E-state index >= 15 is 0 Å². The van der Waals surface area contributed by atoms with Crippen molar-refractivity contribution in [3.8, 4) is 22.4 Å². The number of benzene rings is 3. The summed E-state index contributed by atoms with van der Waals surface area (Å²) in [6, 6.07) is 20.2. The highest BCUT2D eigenvalue weighted by atomic mass is 32.2. The number of aromatic nitrogens is 4. The third kappa shape index (κ3) is 8.29. The zero-order chi connectivity index (χ0) is 35.2. The summed E-state index contributed by atoms with van der Waals surface area (Å²) in [6.07, 6.45) is 3.65. The van der Waals surface area contributed by atoms with Crippen LogP contribution in [-0.2, 0) is 33.9 Å². The number of fused-ring (bicyclic) bond motifs is 1. The zero-order valence-electron chi connectivity index (χ0n) is 28.5. The number of carbonyl (C=O) groups excluding carboxylic acids is 1. The first kappa shape index (κ1) is 35.4. The fourth-order valence-electron chi connectivity index (χ4n) is 6.50. The van der Waals surface area contributed by atoms with Gasteiger partial charge in [0.2, 0.25) is 0 Å². The molecule has 1 aliphatic rings. The summed E-state index contributed by atoms with van der Waals surface area (Å²) in [7, 11) is 1.64. The van der Waals surface area contributed by atoms with Crippen LogP contribution < -0.4 is 4.31 Å². The van der Waals surface area contributed by atoms with Gasteiger partial charge in [0.1, 0.15) is 17.2 Å². The molecule has 0 aliphatic carbocycles. The number of nitrogens with one attached hydrogen (secondary N) is 1. The second kappa shape index (κ2) is 16.1. The quantitative estimate of drug-likeness (QED) is 0.0987. The van der Waals surface area contributed by atoms with Gasteiger partial charge >= 0.3 is 5.97 Å². The molecule has 2 N–H and O–H groups in total. The van der Waals surface area contributed by atoms with Gasteiger partial charge in [-0.1, -0.05) is 55.5 Å². The Labute approximate surface area is 293 Å². The van der Waals surface area contributed by atoms with Crippen LogP contribution >= 0.6 is 0 Å². The Morgan fingerprint density at radius 1 is 1.12 bits per heavy atom. The van der Waals surface area contributed by atoms with Gasteiger partial charge in [-0.3, -0.25) is 13.5 Å². The number of halogens is 1. The SMILES string of the molecule is COCc1cc(N(CCN2CCC(Cn3cc(-c4c(C(=O)OCC(C)C)[nH]c5ccc(F)cc45)nn3)CC2)S(=O)O)ccc1-c1ccccc1. The molecule has 0 saturated carbocycles. The van der Waals surface area contributed by atoms with Gasteiger partial charge in [-0.2, -0.15) is 0 Å². The number of piperidine rings is 1. The van der Waals surface area contributed by atoms with E-state index in [1.54, 1.807) is 24.1 Å². The molecule has 13 heteroatoms. The summed E-state index contributed by atoms with van der Waals surface area (Å²) in [5.41, 5.74) is 5.50. The number of nitrogens with zero attached hydrogens (tertiary/aromatic N) is 5. The zero-order valence-corrected chi connectivity index (χ0v) is 29.4. The van der Waals surface area contributed by atoms with Gasteiger partial charge in [-0.25, -0.2) is 13.4 Å². The molecule has 1 unspecified atom stereocenters. The number of aromatic amines is 1. The van der Waals surface area contributed by atoms with E-state index in [0.29, 0.717) is 60.0 Å². The lowest BCUT2D eigenvalue weighted by atomic mass is 9.97. The van der Waals surface area contributed by atoms with E-state index in [2.05, 4.69) is 20.2 Å². The number of hydrogen-bond donors (Lipinski definition) is 2. The van der Waals surface area contributed by atoms with E-state index in [0.717, 1.165) is 42.6 Å². The normalized spacial score (nSPS) is 14.8. The first-order chi connectivity index (χ1) is 24.2. The Balaban J connectivity index is 1.08. The summed E-state index contributed by atoms with van der Waals surface area (Å²) < 4.78 is 51.2. The standard InChI is InChI=1S/C37H43FN6O5S/c1-25(2)23-49-37(45)36-35(32-20-29(38)9-12-33(32)39-36)34-22-43(41-40-34)21-26-13-15-42(16-14-26)17-18-44(50(46)47)30-10-11-31(28(19-30)24-48-3)27-7-5-4-6-8-27/h4-12,19-20,22,25-26,39H,13-18,21,23-24H2,1-3H3,(H,46,47). The van der Waals surface area contributed by atoms with Crippen LogP contribution in [-0.4, -0.2) is 79.5 Å². The lowest BCUT2D eigenvalue weighted by molar-refractivity contribution is 0.0454. The fourth-order valence-corrected chi connectivity index (χ4v) is 7.03. The molecule has 264 valence electrons. The summed E-state index contributed by atoms with van der Waals surface area (Å²) in [4.78, 5) is 18.4. The third-order valence-corrected chi connectivity index (χ3v) is 9.80. The minimum absolute atomic E-state index is 0.168. The average molecular weight is 703 g/mol. The predicted molar refractivity (Wildman–Crippen MR) is 192 cm³/mol. The van der Waals surface area contributed by atoms with Gasteiger partial charge in [-0.05, 0) is 84.8 Å². The smallest absolute Gasteiger partial charge is 0.355 e. The van der Waals surface area contributed by atoms with Crippen molar-refractivity contribution >= 4 is 33.8 Å². The summed E-state index contributed by atoms with van der Waals surface area (Å²) in [5, 5.41) is 9.28. The van der Waals surface area contributed by atoms with Crippen LogP contribution in [0.5, 0.6) is 0 Å². The van der Waals surface area contributed by atoms with Crippen LogP contribution in [0, 0.1) is 17.7 Å². The average Bonchev–Trinajstić information content (AvgIpc) is 3.72. The second-order valence-corrected chi connectivity index (χ2v) is 14.0. The van der Waals surface area contributed by atoms with E-state index in [9.17, 15) is 17.9 Å². The van der Waals surface area contributed by atoms with Crippen molar-refractivity contribution in [3.05, 3.63) is 90.0 Å². The molecule has 1 atom stereocenters. The van der Waals surface area contributed by atoms with Crippen molar-refractivity contribution in [2.24, 2.45) is 11.8 Å². The molecule has 11 nitrogen and oxygen atoms in total. The van der Waals surface area contributed by atoms with Gasteiger partial charge in [0.05, 0.1) is 25.1 Å². The summed E-state index contributed by atoms with van der Waals surface area (Å²) in [6.45, 7) is 7.93. The molecule has 0 amide bonds. The maximum atomic E-state index is 14.3. The highest BCUT2D eigenvalue weighted by molar-refractivity contribution is 7.80. The topological polar surface area (TPSA) is 126 Å². The molecular formula is C37H43FN6O5S. The summed E-state index contributed by atoms with van der Waals surface area (Å²) in [5.74, 6) is -0.414. The number of rotatable bonds is 14. The van der Waals surface area contributed by atoms with E-state index < -0.39 is 23.1 Å². The lowest BCUT2D eigenvalue weighted by Crippen LogP contribution is -2.41. The van der Waals surface area contributed by atoms with Gasteiger partial charge in [0.15, 0.2) is 0 Å². The first-order valence-corrected chi connectivity index (χ1v) is 17.9. The van der Waals surface area contributed by atoms with Crippen LogP contribution in [0.1, 0.15) is 42.7 Å². The van der Waals surface area contributed by atoms with Crippen molar-refractivity contribution in [2.45, 2.75) is 39.8 Å². The number of likely N-dealkylation sites (tertiary alicyclic amines) is 1. The maximum Gasteiger partial charge on any atom is 0.355 e. The maximum absolute atomic E-state index is 14.3. The Morgan fingerprint density at radius 3 is 2.62 bits per heavy atom. The van der Waals surface area contributed by atoms with Crippen LogP contribution in [0.25, 0.3) is 33.3 Å². The van der Waals surface area contributed by atoms with Crippen LogP contribution in [0.15, 0.2) is 72.9 Å².